The normalized spacial score (nSPS) is 10.7. The summed E-state index contributed by atoms with van der Waals surface area (Å²) in [5.74, 6) is 1.81. The second-order valence-electron chi connectivity index (χ2n) is 4.62. The minimum Gasteiger partial charge on any atom is -0.363 e. The molecule has 0 aliphatic rings. The fourth-order valence-electron chi connectivity index (χ4n) is 1.61. The maximum absolute atomic E-state index is 4.30. The van der Waals surface area contributed by atoms with Crippen LogP contribution in [0.1, 0.15) is 25.3 Å². The maximum Gasteiger partial charge on any atom is 0.191 e. The number of aliphatic imine (C=N–C) groups is 1. The molecular weight excluding hydrogens is 365 g/mol. The van der Waals surface area contributed by atoms with Gasteiger partial charge in [0.25, 0.3) is 0 Å². The Kier molecular flexibility index (Phi) is 10.1. The van der Waals surface area contributed by atoms with E-state index in [1.165, 1.54) is 12.0 Å². The summed E-state index contributed by atoms with van der Waals surface area (Å²) in [6.45, 7) is 3.88. The van der Waals surface area contributed by atoms with Gasteiger partial charge in [0.15, 0.2) is 5.96 Å². The molecule has 0 aromatic carbocycles. The minimum absolute atomic E-state index is 0. The first-order chi connectivity index (χ1) is 9.17. The molecule has 0 saturated heterocycles. The predicted octanol–water partition coefficient (Wildman–Crippen LogP) is 2.23. The van der Waals surface area contributed by atoms with E-state index in [1.807, 2.05) is 31.3 Å². The predicted molar refractivity (Wildman–Crippen MR) is 97.1 cm³/mol. The van der Waals surface area contributed by atoms with Crippen LogP contribution in [0.4, 0.5) is 5.82 Å². The third-order valence-corrected chi connectivity index (χ3v) is 2.77. The van der Waals surface area contributed by atoms with Crippen molar-refractivity contribution in [2.45, 2.75) is 26.3 Å². The van der Waals surface area contributed by atoms with Crippen LogP contribution in [-0.2, 0) is 6.54 Å². The highest BCUT2D eigenvalue weighted by atomic mass is 127. The van der Waals surface area contributed by atoms with Crippen LogP contribution < -0.4 is 15.5 Å². The van der Waals surface area contributed by atoms with Crippen LogP contribution in [0.15, 0.2) is 23.3 Å². The van der Waals surface area contributed by atoms with E-state index >= 15 is 0 Å². The quantitative estimate of drug-likeness (QED) is 0.338. The molecule has 0 fully saturated rings. The molecule has 1 aromatic heterocycles. The van der Waals surface area contributed by atoms with Crippen molar-refractivity contribution in [3.05, 3.63) is 23.9 Å². The molecule has 0 amide bonds. The molecule has 5 nitrogen and oxygen atoms in total. The fourth-order valence-corrected chi connectivity index (χ4v) is 1.61. The molecule has 0 atom stereocenters. The Morgan fingerprint density at radius 2 is 2.10 bits per heavy atom. The van der Waals surface area contributed by atoms with Gasteiger partial charge in [0.05, 0.1) is 0 Å². The number of pyridine rings is 1. The van der Waals surface area contributed by atoms with Crippen LogP contribution in [0.3, 0.4) is 0 Å². The summed E-state index contributed by atoms with van der Waals surface area (Å²) in [5.41, 5.74) is 1.19. The van der Waals surface area contributed by atoms with Gasteiger partial charge in [-0.1, -0.05) is 13.3 Å². The van der Waals surface area contributed by atoms with Crippen LogP contribution in [0.5, 0.6) is 0 Å². The highest BCUT2D eigenvalue weighted by molar-refractivity contribution is 14.0. The molecule has 0 saturated carbocycles. The van der Waals surface area contributed by atoms with E-state index in [-0.39, 0.29) is 24.0 Å². The Morgan fingerprint density at radius 3 is 2.70 bits per heavy atom. The lowest BCUT2D eigenvalue weighted by Gasteiger charge is -2.14. The van der Waals surface area contributed by atoms with Gasteiger partial charge in [-0.25, -0.2) is 4.98 Å². The summed E-state index contributed by atoms with van der Waals surface area (Å²) in [4.78, 5) is 10.5. The number of anilines is 1. The molecule has 0 aliphatic heterocycles. The van der Waals surface area contributed by atoms with E-state index in [1.54, 1.807) is 7.05 Å². The molecule has 0 spiro atoms. The highest BCUT2D eigenvalue weighted by Crippen LogP contribution is 2.08. The first kappa shape index (κ1) is 18.9. The summed E-state index contributed by atoms with van der Waals surface area (Å²) in [6.07, 6.45) is 4.17. The van der Waals surface area contributed by atoms with E-state index in [4.69, 9.17) is 0 Å². The van der Waals surface area contributed by atoms with Gasteiger partial charge in [0, 0.05) is 40.4 Å². The zero-order chi connectivity index (χ0) is 14.1. The molecule has 0 aliphatic carbocycles. The Morgan fingerprint density at radius 1 is 1.35 bits per heavy atom. The fraction of sp³-hybridized carbons (Fsp3) is 0.571. The minimum atomic E-state index is 0. The number of guanidine groups is 1. The standard InChI is InChI=1S/C14H25N5.HI/c1-5-6-8-17-14(15-2)18-11-12-7-9-16-13(10-12)19(3)4;/h7,9-10H,5-6,8,11H2,1-4H3,(H2,15,17,18);1H. The number of aromatic nitrogens is 1. The number of rotatable bonds is 6. The Labute approximate surface area is 139 Å². The number of hydrogen-bond acceptors (Lipinski definition) is 3. The third-order valence-electron chi connectivity index (χ3n) is 2.77. The summed E-state index contributed by atoms with van der Waals surface area (Å²) in [7, 11) is 5.77. The van der Waals surface area contributed by atoms with E-state index in [2.05, 4.69) is 33.6 Å². The molecule has 1 rings (SSSR count). The molecule has 0 radical (unpaired) electrons. The van der Waals surface area contributed by atoms with Crippen molar-refractivity contribution in [3.63, 3.8) is 0 Å². The number of unbranched alkanes of at least 4 members (excludes halogenated alkanes) is 1. The molecule has 6 heteroatoms. The zero-order valence-corrected chi connectivity index (χ0v) is 15.1. The summed E-state index contributed by atoms with van der Waals surface area (Å²) >= 11 is 0. The van der Waals surface area contributed by atoms with Gasteiger partial charge >= 0.3 is 0 Å². The highest BCUT2D eigenvalue weighted by Gasteiger charge is 2.01. The molecule has 1 aromatic rings. The number of nitrogens with one attached hydrogen (secondary N) is 2. The van der Waals surface area contributed by atoms with E-state index < -0.39 is 0 Å². The Balaban J connectivity index is 0.00000361. The lowest BCUT2D eigenvalue weighted by molar-refractivity contribution is 0.728. The van der Waals surface area contributed by atoms with Crippen LogP contribution in [0.25, 0.3) is 0 Å². The van der Waals surface area contributed by atoms with Crippen LogP contribution >= 0.6 is 24.0 Å². The van der Waals surface area contributed by atoms with Gasteiger partial charge in [-0.2, -0.15) is 0 Å². The number of nitrogens with zero attached hydrogens (tertiary/aromatic N) is 3. The van der Waals surface area contributed by atoms with Crippen molar-refractivity contribution in [2.75, 3.05) is 32.6 Å². The molecule has 0 unspecified atom stereocenters. The Bertz CT molecular complexity index is 406. The average molecular weight is 391 g/mol. The van der Waals surface area contributed by atoms with Gasteiger partial charge in [0.2, 0.25) is 0 Å². The number of hydrogen-bond donors (Lipinski definition) is 2. The molecule has 0 bridgehead atoms. The van der Waals surface area contributed by atoms with Crippen molar-refractivity contribution in [1.29, 1.82) is 0 Å². The van der Waals surface area contributed by atoms with Crippen LogP contribution in [0.2, 0.25) is 0 Å². The lowest BCUT2D eigenvalue weighted by atomic mass is 10.2. The second kappa shape index (κ2) is 10.7. The molecule has 2 N–H and O–H groups in total. The van der Waals surface area contributed by atoms with Gasteiger partial charge in [-0.15, -0.1) is 24.0 Å². The van der Waals surface area contributed by atoms with E-state index in [0.717, 1.165) is 31.3 Å². The first-order valence-corrected chi connectivity index (χ1v) is 6.74. The lowest BCUT2D eigenvalue weighted by Crippen LogP contribution is -2.37. The molecule has 1 heterocycles. The van der Waals surface area contributed by atoms with Crippen molar-refractivity contribution < 1.29 is 0 Å². The summed E-state index contributed by atoms with van der Waals surface area (Å²) in [6, 6.07) is 4.09. The maximum atomic E-state index is 4.30. The van der Waals surface area contributed by atoms with Gasteiger partial charge < -0.3 is 15.5 Å². The van der Waals surface area contributed by atoms with Gasteiger partial charge in [-0.3, -0.25) is 4.99 Å². The summed E-state index contributed by atoms with van der Waals surface area (Å²) in [5, 5.41) is 6.59. The van der Waals surface area contributed by atoms with Crippen molar-refractivity contribution in [2.24, 2.45) is 4.99 Å². The van der Waals surface area contributed by atoms with E-state index in [9.17, 15) is 0 Å². The molecular formula is C14H26IN5. The topological polar surface area (TPSA) is 52.6 Å². The van der Waals surface area contributed by atoms with Crippen molar-refractivity contribution in [3.8, 4) is 0 Å². The zero-order valence-electron chi connectivity index (χ0n) is 12.8. The third kappa shape index (κ3) is 6.93. The second-order valence-corrected chi connectivity index (χ2v) is 4.62. The summed E-state index contributed by atoms with van der Waals surface area (Å²) < 4.78 is 0. The van der Waals surface area contributed by atoms with E-state index in [0.29, 0.717) is 0 Å². The Hall–Kier alpha value is -1.05. The van der Waals surface area contributed by atoms with Crippen LogP contribution in [-0.4, -0.2) is 38.6 Å². The average Bonchev–Trinajstić information content (AvgIpc) is 2.43. The van der Waals surface area contributed by atoms with Gasteiger partial charge in [-0.05, 0) is 24.1 Å². The first-order valence-electron chi connectivity index (χ1n) is 6.74. The van der Waals surface area contributed by atoms with Crippen molar-refractivity contribution >= 4 is 35.8 Å². The monoisotopic (exact) mass is 391 g/mol. The molecule has 114 valence electrons. The molecule has 20 heavy (non-hydrogen) atoms. The smallest absolute Gasteiger partial charge is 0.191 e. The van der Waals surface area contributed by atoms with Crippen molar-refractivity contribution in [1.82, 2.24) is 15.6 Å². The van der Waals surface area contributed by atoms with Gasteiger partial charge in [0.1, 0.15) is 5.82 Å². The largest absolute Gasteiger partial charge is 0.363 e. The SMILES string of the molecule is CCCCNC(=NC)NCc1ccnc(N(C)C)c1.I. The number of halogens is 1. The van der Waals surface area contributed by atoms with Crippen LogP contribution in [0, 0.1) is 0 Å².